The van der Waals surface area contributed by atoms with Crippen LogP contribution in [0.4, 0.5) is 0 Å². The molecule has 0 amide bonds. The molecule has 0 aliphatic carbocycles. The van der Waals surface area contributed by atoms with E-state index in [4.69, 9.17) is 37.0 Å². The van der Waals surface area contributed by atoms with Gasteiger partial charge in [-0.2, -0.15) is 0 Å². The van der Waals surface area contributed by atoms with E-state index < -0.39 is 97.5 Å². The van der Waals surface area contributed by atoms with Gasteiger partial charge in [-0.25, -0.2) is 9.13 Å². The fourth-order valence-corrected chi connectivity index (χ4v) is 15.5. The van der Waals surface area contributed by atoms with E-state index in [-0.39, 0.29) is 25.7 Å². The van der Waals surface area contributed by atoms with Crippen LogP contribution in [0.3, 0.4) is 0 Å². The SMILES string of the molecule is CCCCCCCCCCCCCCCCCCCCCC(=O)OC[C@H](COP(=O)(O)OC[C@@H](O)COP(=O)(O)OC[C@@H](COC(=O)CCCCCCCCCCCCCC)OC(=O)CCCCCCCCCCCCCCCCC(C)CC)OC(=O)CCCCCCCCCCCCCCCCCCC(C)C. The number of hydrogen-bond donors (Lipinski definition) is 3. The van der Waals surface area contributed by atoms with Crippen LogP contribution in [0.15, 0.2) is 0 Å². The van der Waals surface area contributed by atoms with Gasteiger partial charge in [0.25, 0.3) is 0 Å². The normalized spacial score (nSPS) is 14.0. The van der Waals surface area contributed by atoms with Crippen molar-refractivity contribution in [1.82, 2.24) is 0 Å². The number of phosphoric ester groups is 2. The van der Waals surface area contributed by atoms with Gasteiger partial charge in [-0.05, 0) is 37.5 Å². The van der Waals surface area contributed by atoms with Crippen LogP contribution < -0.4 is 0 Å². The maximum Gasteiger partial charge on any atom is 0.472 e. The van der Waals surface area contributed by atoms with Crippen molar-refractivity contribution in [2.24, 2.45) is 11.8 Å². The summed E-state index contributed by atoms with van der Waals surface area (Å²) in [5.74, 6) is -0.441. The van der Waals surface area contributed by atoms with E-state index in [1.807, 2.05) is 0 Å². The summed E-state index contributed by atoms with van der Waals surface area (Å²) in [4.78, 5) is 73.4. The van der Waals surface area contributed by atoms with Gasteiger partial charge in [0.15, 0.2) is 12.2 Å². The molecule has 0 heterocycles. The molecule has 0 radical (unpaired) electrons. The highest BCUT2D eigenvalue weighted by Crippen LogP contribution is 2.45. The third-order valence-corrected chi connectivity index (χ3v) is 23.2. The lowest BCUT2D eigenvalue weighted by molar-refractivity contribution is -0.161. The standard InChI is InChI=1S/C89H174O17P2/c1-7-10-12-14-16-18-20-22-23-24-25-26-30-36-42-48-54-60-66-72-87(92)100-78-85(106-88(93)73-67-61-55-49-43-37-31-28-27-29-34-39-45-51-57-63-69-81(4)5)80-104-108(97,98)102-76-83(90)75-101-107(95,96)103-79-84(77-99-86(91)71-65-59-53-47-41-21-19-17-15-13-11-8-2)105-89(94)74-68-62-56-50-44-38-33-32-35-40-46-52-58-64-70-82(6)9-3/h81-85,90H,7-80H2,1-6H3,(H,95,96)(H,97,98)/t82?,83-,84+,85+/m0/s1. The number of aliphatic hydroxyl groups excluding tert-OH is 1. The Labute approximate surface area is 664 Å². The lowest BCUT2D eigenvalue weighted by Crippen LogP contribution is -2.30. The maximum atomic E-state index is 13.2. The first kappa shape index (κ1) is 106. The molecule has 642 valence electrons. The van der Waals surface area contributed by atoms with Crippen LogP contribution in [0.1, 0.15) is 478 Å². The molecule has 19 heteroatoms. The molecule has 108 heavy (non-hydrogen) atoms. The van der Waals surface area contributed by atoms with Crippen LogP contribution >= 0.6 is 15.6 Å². The van der Waals surface area contributed by atoms with Crippen molar-refractivity contribution >= 4 is 39.5 Å². The van der Waals surface area contributed by atoms with Crippen molar-refractivity contribution in [2.75, 3.05) is 39.6 Å². The highest BCUT2D eigenvalue weighted by molar-refractivity contribution is 7.47. The van der Waals surface area contributed by atoms with Gasteiger partial charge < -0.3 is 33.8 Å². The smallest absolute Gasteiger partial charge is 0.462 e. The largest absolute Gasteiger partial charge is 0.472 e. The van der Waals surface area contributed by atoms with Crippen molar-refractivity contribution in [1.29, 1.82) is 0 Å². The van der Waals surface area contributed by atoms with Crippen molar-refractivity contribution in [2.45, 2.75) is 496 Å². The molecule has 0 aromatic rings. The first-order valence-electron chi connectivity index (χ1n) is 46.0. The predicted octanol–water partition coefficient (Wildman–Crippen LogP) is 27.4. The molecule has 6 atom stereocenters. The van der Waals surface area contributed by atoms with E-state index in [1.165, 1.54) is 295 Å². The fourth-order valence-electron chi connectivity index (χ4n) is 13.9. The first-order valence-corrected chi connectivity index (χ1v) is 49.0. The molecular weight excluding hydrogens is 1400 g/mol. The van der Waals surface area contributed by atoms with Crippen molar-refractivity contribution in [3.8, 4) is 0 Å². The zero-order valence-corrected chi connectivity index (χ0v) is 73.0. The molecule has 0 aliphatic rings. The maximum absolute atomic E-state index is 13.2. The van der Waals surface area contributed by atoms with E-state index in [2.05, 4.69) is 41.5 Å². The summed E-state index contributed by atoms with van der Waals surface area (Å²) in [6, 6.07) is 0. The quantitative estimate of drug-likeness (QED) is 0.0222. The monoisotopic (exact) mass is 1580 g/mol. The van der Waals surface area contributed by atoms with Crippen LogP contribution in [-0.4, -0.2) is 96.7 Å². The number of aliphatic hydroxyl groups is 1. The second kappa shape index (κ2) is 80.3. The molecule has 0 saturated carbocycles. The first-order chi connectivity index (χ1) is 52.4. The molecule has 3 N–H and O–H groups in total. The fraction of sp³-hybridized carbons (Fsp3) is 0.955. The summed E-state index contributed by atoms with van der Waals surface area (Å²) in [5.41, 5.74) is 0. The summed E-state index contributed by atoms with van der Waals surface area (Å²) in [5, 5.41) is 10.7. The van der Waals surface area contributed by atoms with Gasteiger partial charge >= 0.3 is 39.5 Å². The van der Waals surface area contributed by atoms with E-state index >= 15 is 0 Å². The van der Waals surface area contributed by atoms with E-state index in [1.54, 1.807) is 0 Å². The molecular formula is C89H174O17P2. The Morgan fingerprint density at radius 1 is 0.269 bits per heavy atom. The highest BCUT2D eigenvalue weighted by Gasteiger charge is 2.31. The van der Waals surface area contributed by atoms with Crippen molar-refractivity contribution in [3.63, 3.8) is 0 Å². The third-order valence-electron chi connectivity index (χ3n) is 21.3. The second-order valence-electron chi connectivity index (χ2n) is 32.7. The number of carbonyl (C=O) groups is 4. The van der Waals surface area contributed by atoms with Gasteiger partial charge in [-0.3, -0.25) is 37.3 Å². The Morgan fingerprint density at radius 3 is 0.704 bits per heavy atom. The van der Waals surface area contributed by atoms with Crippen LogP contribution in [0.2, 0.25) is 0 Å². The molecule has 0 saturated heterocycles. The van der Waals surface area contributed by atoms with Crippen molar-refractivity contribution < 1.29 is 80.2 Å². The topological polar surface area (TPSA) is 237 Å². The summed E-state index contributed by atoms with van der Waals surface area (Å²) in [7, 11) is -9.93. The number of carbonyl (C=O) groups excluding carboxylic acids is 4. The van der Waals surface area contributed by atoms with E-state index in [0.29, 0.717) is 25.7 Å². The summed E-state index contributed by atoms with van der Waals surface area (Å²) in [6.45, 7) is 9.78. The lowest BCUT2D eigenvalue weighted by Gasteiger charge is -2.21. The van der Waals surface area contributed by atoms with Gasteiger partial charge in [0.1, 0.15) is 19.3 Å². The average Bonchev–Trinajstić information content (AvgIpc) is 0.898. The zero-order valence-electron chi connectivity index (χ0n) is 71.2. The molecule has 0 aromatic carbocycles. The van der Waals surface area contributed by atoms with Gasteiger partial charge in [-0.15, -0.1) is 0 Å². The minimum Gasteiger partial charge on any atom is -0.462 e. The summed E-state index contributed by atoms with van der Waals surface area (Å²) in [6.07, 6.45) is 73.4. The number of rotatable bonds is 88. The van der Waals surface area contributed by atoms with Gasteiger partial charge in [0.05, 0.1) is 26.4 Å². The molecule has 17 nitrogen and oxygen atoms in total. The minimum atomic E-state index is -4.97. The Bertz CT molecular complexity index is 2070. The number of hydrogen-bond acceptors (Lipinski definition) is 15. The average molecular weight is 1580 g/mol. The zero-order chi connectivity index (χ0) is 79.2. The molecule has 0 aromatic heterocycles. The number of ether oxygens (including phenoxy) is 4. The molecule has 0 bridgehead atoms. The third kappa shape index (κ3) is 80.7. The summed E-state index contributed by atoms with van der Waals surface area (Å²) >= 11 is 0. The van der Waals surface area contributed by atoms with Crippen LogP contribution in [0.5, 0.6) is 0 Å². The Balaban J connectivity index is 5.26. The van der Waals surface area contributed by atoms with Gasteiger partial charge in [-0.1, -0.05) is 427 Å². The number of unbranched alkanes of at least 4 members (excludes halogenated alkanes) is 57. The number of phosphoric acid groups is 2. The second-order valence-corrected chi connectivity index (χ2v) is 35.6. The minimum absolute atomic E-state index is 0.108. The van der Waals surface area contributed by atoms with Gasteiger partial charge in [0, 0.05) is 25.7 Å². The van der Waals surface area contributed by atoms with Crippen molar-refractivity contribution in [3.05, 3.63) is 0 Å². The lowest BCUT2D eigenvalue weighted by atomic mass is 9.99. The molecule has 0 aliphatic heterocycles. The van der Waals surface area contributed by atoms with Crippen LogP contribution in [-0.2, 0) is 65.4 Å². The summed E-state index contributed by atoms with van der Waals surface area (Å²) < 4.78 is 69.0. The molecule has 3 unspecified atom stereocenters. The number of esters is 4. The Morgan fingerprint density at radius 2 is 0.472 bits per heavy atom. The van der Waals surface area contributed by atoms with E-state index in [0.717, 1.165) is 102 Å². The Kier molecular flexibility index (Phi) is 78.8. The predicted molar refractivity (Wildman–Crippen MR) is 446 cm³/mol. The molecule has 0 fully saturated rings. The van der Waals surface area contributed by atoms with Gasteiger partial charge in [0.2, 0.25) is 0 Å². The molecule has 0 spiro atoms. The van der Waals surface area contributed by atoms with E-state index in [9.17, 15) is 43.2 Å². The highest BCUT2D eigenvalue weighted by atomic mass is 31.2. The van der Waals surface area contributed by atoms with Crippen LogP contribution in [0, 0.1) is 11.8 Å². The molecule has 0 rings (SSSR count). The van der Waals surface area contributed by atoms with Crippen LogP contribution in [0.25, 0.3) is 0 Å². The Hall–Kier alpha value is -1.94.